The molecule has 64 valence electrons. The molecule has 0 radical (unpaired) electrons. The normalized spacial score (nSPS) is 9.60. The molecule has 0 aliphatic heterocycles. The molecule has 0 spiro atoms. The highest BCUT2D eigenvalue weighted by Gasteiger charge is 1.96. The summed E-state index contributed by atoms with van der Waals surface area (Å²) in [5.74, 6) is 0.726. The van der Waals surface area contributed by atoms with Crippen molar-refractivity contribution in [3.63, 3.8) is 0 Å². The van der Waals surface area contributed by atoms with Gasteiger partial charge in [-0.3, -0.25) is 4.90 Å². The van der Waals surface area contributed by atoms with Crippen LogP contribution in [0.5, 0.6) is 0 Å². The van der Waals surface area contributed by atoms with E-state index in [-0.39, 0.29) is 0 Å². The molecule has 0 aliphatic carbocycles. The lowest BCUT2D eigenvalue weighted by Crippen LogP contribution is -2.29. The number of nitrogens with zero attached hydrogens (tertiary/aromatic N) is 1. The Kier molecular flexibility index (Phi) is 11.2. The first kappa shape index (κ1) is 12.6. The molecule has 0 aromatic heterocycles. The second kappa shape index (κ2) is 8.92. The lowest BCUT2D eigenvalue weighted by atomic mass is 10.2. The monoisotopic (exact) mass is 146 g/mol. The van der Waals surface area contributed by atoms with Gasteiger partial charge in [-0.25, -0.2) is 0 Å². The third-order valence-corrected chi connectivity index (χ3v) is 0.988. The van der Waals surface area contributed by atoms with Gasteiger partial charge in [-0.1, -0.05) is 27.7 Å². The fraction of sp³-hybridized carbons (Fsp3) is 1.00. The van der Waals surface area contributed by atoms with Crippen LogP contribution in [0.2, 0.25) is 0 Å². The SMILES string of the molecule is CC.CC(C)CN(C)CN. The van der Waals surface area contributed by atoms with Gasteiger partial charge in [0.1, 0.15) is 0 Å². The fourth-order valence-electron chi connectivity index (χ4n) is 0.698. The molecular formula is C8H22N2. The molecule has 0 bridgehead atoms. The molecule has 0 aromatic rings. The van der Waals surface area contributed by atoms with Gasteiger partial charge in [0.05, 0.1) is 0 Å². The van der Waals surface area contributed by atoms with Gasteiger partial charge in [0.2, 0.25) is 0 Å². The van der Waals surface area contributed by atoms with Crippen molar-refractivity contribution in [1.82, 2.24) is 4.90 Å². The standard InChI is InChI=1S/C6H16N2.C2H6/c1-6(2)4-8(3)5-7;1-2/h6H,4-5,7H2,1-3H3;1-2H3. The van der Waals surface area contributed by atoms with Crippen LogP contribution in [-0.2, 0) is 0 Å². The van der Waals surface area contributed by atoms with E-state index in [0.717, 1.165) is 12.5 Å². The van der Waals surface area contributed by atoms with Crippen molar-refractivity contribution in [2.45, 2.75) is 27.7 Å². The molecule has 2 heteroatoms. The van der Waals surface area contributed by atoms with Crippen LogP contribution in [0.25, 0.3) is 0 Å². The van der Waals surface area contributed by atoms with Gasteiger partial charge in [0, 0.05) is 13.2 Å². The van der Waals surface area contributed by atoms with Crippen molar-refractivity contribution in [2.75, 3.05) is 20.3 Å². The summed E-state index contributed by atoms with van der Waals surface area (Å²) in [4.78, 5) is 2.10. The topological polar surface area (TPSA) is 29.3 Å². The Balaban J connectivity index is 0. The Morgan fingerprint density at radius 2 is 1.70 bits per heavy atom. The zero-order valence-electron chi connectivity index (χ0n) is 8.02. The van der Waals surface area contributed by atoms with E-state index < -0.39 is 0 Å². The van der Waals surface area contributed by atoms with E-state index in [4.69, 9.17) is 5.73 Å². The molecule has 10 heavy (non-hydrogen) atoms. The van der Waals surface area contributed by atoms with E-state index in [1.165, 1.54) is 0 Å². The zero-order chi connectivity index (χ0) is 8.57. The second-order valence-corrected chi connectivity index (χ2v) is 2.62. The first-order valence-electron chi connectivity index (χ1n) is 4.05. The van der Waals surface area contributed by atoms with Crippen LogP contribution in [0.15, 0.2) is 0 Å². The van der Waals surface area contributed by atoms with Crippen molar-refractivity contribution in [3.05, 3.63) is 0 Å². The van der Waals surface area contributed by atoms with E-state index in [1.807, 2.05) is 20.9 Å². The highest BCUT2D eigenvalue weighted by atomic mass is 15.1. The molecule has 0 fully saturated rings. The molecule has 2 nitrogen and oxygen atoms in total. The Bertz CT molecular complexity index is 53.2. The largest absolute Gasteiger partial charge is 0.318 e. The van der Waals surface area contributed by atoms with Gasteiger partial charge < -0.3 is 5.73 Å². The van der Waals surface area contributed by atoms with E-state index in [0.29, 0.717) is 6.67 Å². The molecule has 0 aromatic carbocycles. The van der Waals surface area contributed by atoms with Crippen molar-refractivity contribution in [2.24, 2.45) is 11.7 Å². The number of hydrogen-bond donors (Lipinski definition) is 1. The minimum Gasteiger partial charge on any atom is -0.318 e. The van der Waals surface area contributed by atoms with E-state index in [9.17, 15) is 0 Å². The summed E-state index contributed by atoms with van der Waals surface area (Å²) in [6.45, 7) is 10.1. The smallest absolute Gasteiger partial charge is 0.0452 e. The van der Waals surface area contributed by atoms with Crippen LogP contribution >= 0.6 is 0 Å². The number of nitrogens with two attached hydrogens (primary N) is 1. The molecule has 0 rings (SSSR count). The van der Waals surface area contributed by atoms with Crippen molar-refractivity contribution >= 4 is 0 Å². The lowest BCUT2D eigenvalue weighted by Gasteiger charge is -2.15. The van der Waals surface area contributed by atoms with E-state index >= 15 is 0 Å². The quantitative estimate of drug-likeness (QED) is 0.612. The molecule has 2 N–H and O–H groups in total. The summed E-state index contributed by atoms with van der Waals surface area (Å²) < 4.78 is 0. The summed E-state index contributed by atoms with van der Waals surface area (Å²) in [5.41, 5.74) is 5.35. The average molecular weight is 146 g/mol. The molecule has 0 atom stereocenters. The summed E-state index contributed by atoms with van der Waals surface area (Å²) in [5, 5.41) is 0. The van der Waals surface area contributed by atoms with E-state index in [2.05, 4.69) is 18.7 Å². The maximum Gasteiger partial charge on any atom is 0.0452 e. The molecule has 0 saturated carbocycles. The molecule has 0 saturated heterocycles. The summed E-state index contributed by atoms with van der Waals surface area (Å²) in [6, 6.07) is 0. The van der Waals surface area contributed by atoms with Crippen LogP contribution in [0, 0.1) is 5.92 Å². The minimum atomic E-state index is 0.665. The van der Waals surface area contributed by atoms with Crippen LogP contribution in [-0.4, -0.2) is 25.2 Å². The van der Waals surface area contributed by atoms with Gasteiger partial charge in [-0.05, 0) is 13.0 Å². The van der Waals surface area contributed by atoms with Crippen molar-refractivity contribution in [3.8, 4) is 0 Å². The van der Waals surface area contributed by atoms with Gasteiger partial charge in [-0.2, -0.15) is 0 Å². The third kappa shape index (κ3) is 10.8. The Hall–Kier alpha value is -0.0800. The Morgan fingerprint density at radius 3 is 1.80 bits per heavy atom. The maximum absolute atomic E-state index is 5.35. The summed E-state index contributed by atoms with van der Waals surface area (Å²) in [6.07, 6.45) is 0. The summed E-state index contributed by atoms with van der Waals surface area (Å²) >= 11 is 0. The maximum atomic E-state index is 5.35. The third-order valence-electron chi connectivity index (χ3n) is 0.988. The zero-order valence-corrected chi connectivity index (χ0v) is 8.02. The van der Waals surface area contributed by atoms with Crippen LogP contribution in [0.4, 0.5) is 0 Å². The Morgan fingerprint density at radius 1 is 1.30 bits per heavy atom. The molecule has 0 unspecified atom stereocenters. The van der Waals surface area contributed by atoms with Crippen molar-refractivity contribution < 1.29 is 0 Å². The second-order valence-electron chi connectivity index (χ2n) is 2.62. The molecule has 0 heterocycles. The van der Waals surface area contributed by atoms with Crippen molar-refractivity contribution in [1.29, 1.82) is 0 Å². The van der Waals surface area contributed by atoms with E-state index in [1.54, 1.807) is 0 Å². The number of hydrogen-bond acceptors (Lipinski definition) is 2. The molecule has 0 aliphatic rings. The highest BCUT2D eigenvalue weighted by Crippen LogP contribution is 1.92. The van der Waals surface area contributed by atoms with Crippen LogP contribution in [0.3, 0.4) is 0 Å². The highest BCUT2D eigenvalue weighted by molar-refractivity contribution is 4.49. The first-order valence-corrected chi connectivity index (χ1v) is 4.05. The average Bonchev–Trinajstić information content (AvgIpc) is 1.91. The van der Waals surface area contributed by atoms with Crippen LogP contribution < -0.4 is 5.73 Å². The van der Waals surface area contributed by atoms with Crippen LogP contribution in [0.1, 0.15) is 27.7 Å². The molecular weight excluding hydrogens is 124 g/mol. The lowest BCUT2D eigenvalue weighted by molar-refractivity contribution is 0.304. The predicted octanol–water partition coefficient (Wildman–Crippen LogP) is 1.52. The Labute approximate surface area is 65.4 Å². The fourth-order valence-corrected chi connectivity index (χ4v) is 0.698. The predicted molar refractivity (Wildman–Crippen MR) is 47.9 cm³/mol. The minimum absolute atomic E-state index is 0.665. The molecule has 0 amide bonds. The van der Waals surface area contributed by atoms with Gasteiger partial charge in [-0.15, -0.1) is 0 Å². The first-order chi connectivity index (χ1) is 4.66. The van der Waals surface area contributed by atoms with Gasteiger partial charge in [0.15, 0.2) is 0 Å². The van der Waals surface area contributed by atoms with Gasteiger partial charge in [0.25, 0.3) is 0 Å². The summed E-state index contributed by atoms with van der Waals surface area (Å²) in [7, 11) is 2.03. The number of rotatable bonds is 3. The van der Waals surface area contributed by atoms with Gasteiger partial charge >= 0.3 is 0 Å².